The van der Waals surface area contributed by atoms with Crippen LogP contribution in [0.3, 0.4) is 0 Å². The number of hydrogen-bond acceptors (Lipinski definition) is 2. The van der Waals surface area contributed by atoms with E-state index in [4.69, 9.17) is 4.84 Å². The van der Waals surface area contributed by atoms with Gasteiger partial charge in [0, 0.05) is 6.04 Å². The van der Waals surface area contributed by atoms with E-state index in [0.29, 0.717) is 6.04 Å². The lowest BCUT2D eigenvalue weighted by Crippen LogP contribution is -2.22. The van der Waals surface area contributed by atoms with Crippen LogP contribution in [0.1, 0.15) is 12.0 Å². The summed E-state index contributed by atoms with van der Waals surface area (Å²) in [6.07, 6.45) is 2.19. The molecule has 0 amide bonds. The third kappa shape index (κ3) is 1.84. The normalized spacial score (nSPS) is 22.8. The standard InChI is InChI=1S/C10H13NO/c1-2-4-9(5-3-1)8-10-6-7-12-11-10/h1-5,10-11H,6-8H2. The van der Waals surface area contributed by atoms with Gasteiger partial charge in [-0.05, 0) is 18.4 Å². The highest BCUT2D eigenvalue weighted by atomic mass is 16.7. The maximum absolute atomic E-state index is 5.08. The maximum atomic E-state index is 5.08. The minimum Gasteiger partial charge on any atom is -0.301 e. The monoisotopic (exact) mass is 163 g/mol. The Hall–Kier alpha value is -0.860. The van der Waals surface area contributed by atoms with Crippen molar-refractivity contribution in [2.75, 3.05) is 6.61 Å². The number of benzene rings is 1. The van der Waals surface area contributed by atoms with Crippen molar-refractivity contribution in [1.82, 2.24) is 5.48 Å². The molecule has 2 rings (SSSR count). The first kappa shape index (κ1) is 7.77. The van der Waals surface area contributed by atoms with E-state index >= 15 is 0 Å². The van der Waals surface area contributed by atoms with Crippen LogP contribution in [-0.4, -0.2) is 12.6 Å². The van der Waals surface area contributed by atoms with Crippen molar-refractivity contribution in [1.29, 1.82) is 0 Å². The Morgan fingerprint density at radius 1 is 1.33 bits per heavy atom. The van der Waals surface area contributed by atoms with Gasteiger partial charge in [0.25, 0.3) is 0 Å². The third-order valence-electron chi connectivity index (χ3n) is 2.14. The fourth-order valence-electron chi connectivity index (χ4n) is 1.48. The molecule has 1 N–H and O–H groups in total. The van der Waals surface area contributed by atoms with Gasteiger partial charge in [0.05, 0.1) is 6.61 Å². The Morgan fingerprint density at radius 3 is 2.83 bits per heavy atom. The highest BCUT2D eigenvalue weighted by molar-refractivity contribution is 5.15. The average Bonchev–Trinajstić information content (AvgIpc) is 2.59. The average molecular weight is 163 g/mol. The zero-order chi connectivity index (χ0) is 8.23. The van der Waals surface area contributed by atoms with E-state index < -0.39 is 0 Å². The molecule has 2 heteroatoms. The maximum Gasteiger partial charge on any atom is 0.0698 e. The van der Waals surface area contributed by atoms with Gasteiger partial charge in [0.2, 0.25) is 0 Å². The fourth-order valence-corrected chi connectivity index (χ4v) is 1.48. The molecule has 1 unspecified atom stereocenters. The Bertz CT molecular complexity index is 229. The first-order valence-electron chi connectivity index (χ1n) is 4.36. The van der Waals surface area contributed by atoms with E-state index in [9.17, 15) is 0 Å². The van der Waals surface area contributed by atoms with E-state index in [1.54, 1.807) is 0 Å². The quantitative estimate of drug-likeness (QED) is 0.713. The van der Waals surface area contributed by atoms with Crippen LogP contribution >= 0.6 is 0 Å². The summed E-state index contributed by atoms with van der Waals surface area (Å²) in [5.41, 5.74) is 4.38. The molecule has 1 aromatic rings. The zero-order valence-corrected chi connectivity index (χ0v) is 6.99. The summed E-state index contributed by atoms with van der Waals surface area (Å²) >= 11 is 0. The Labute approximate surface area is 72.5 Å². The summed E-state index contributed by atoms with van der Waals surface area (Å²) in [5.74, 6) is 0. The zero-order valence-electron chi connectivity index (χ0n) is 6.99. The summed E-state index contributed by atoms with van der Waals surface area (Å²) in [5, 5.41) is 0. The highest BCUT2D eigenvalue weighted by Gasteiger charge is 2.14. The van der Waals surface area contributed by atoms with Gasteiger partial charge in [-0.15, -0.1) is 0 Å². The van der Waals surface area contributed by atoms with Crippen LogP contribution < -0.4 is 5.48 Å². The summed E-state index contributed by atoms with van der Waals surface area (Å²) in [6.45, 7) is 0.845. The molecule has 1 aliphatic rings. The second-order valence-electron chi connectivity index (χ2n) is 3.14. The third-order valence-corrected chi connectivity index (χ3v) is 2.14. The molecular weight excluding hydrogens is 150 g/mol. The van der Waals surface area contributed by atoms with Gasteiger partial charge < -0.3 is 4.84 Å². The van der Waals surface area contributed by atoms with Gasteiger partial charge in [0.15, 0.2) is 0 Å². The predicted octanol–water partition coefficient (Wildman–Crippen LogP) is 1.52. The van der Waals surface area contributed by atoms with Crippen molar-refractivity contribution >= 4 is 0 Å². The molecule has 1 heterocycles. The van der Waals surface area contributed by atoms with Crippen molar-refractivity contribution < 1.29 is 4.84 Å². The SMILES string of the molecule is c1ccc(CC2CCON2)cc1. The number of rotatable bonds is 2. The summed E-state index contributed by atoms with van der Waals surface area (Å²) < 4.78 is 0. The first-order valence-corrected chi connectivity index (χ1v) is 4.36. The molecule has 1 aliphatic heterocycles. The van der Waals surface area contributed by atoms with Crippen LogP contribution in [0.4, 0.5) is 0 Å². The van der Waals surface area contributed by atoms with Crippen molar-refractivity contribution in [3.8, 4) is 0 Å². The van der Waals surface area contributed by atoms with Gasteiger partial charge in [-0.3, -0.25) is 0 Å². The van der Waals surface area contributed by atoms with E-state index in [-0.39, 0.29) is 0 Å². The van der Waals surface area contributed by atoms with E-state index in [1.807, 2.05) is 6.07 Å². The molecule has 0 radical (unpaired) electrons. The van der Waals surface area contributed by atoms with Gasteiger partial charge in [0.1, 0.15) is 0 Å². The Kier molecular flexibility index (Phi) is 2.39. The van der Waals surface area contributed by atoms with Crippen LogP contribution in [0.5, 0.6) is 0 Å². The first-order chi connectivity index (χ1) is 5.95. The van der Waals surface area contributed by atoms with Gasteiger partial charge in [-0.2, -0.15) is 5.48 Å². The second kappa shape index (κ2) is 3.70. The molecule has 12 heavy (non-hydrogen) atoms. The number of hydroxylamine groups is 1. The van der Waals surface area contributed by atoms with Crippen LogP contribution in [0.2, 0.25) is 0 Å². The molecule has 1 atom stereocenters. The molecule has 1 saturated heterocycles. The summed E-state index contributed by atoms with van der Waals surface area (Å²) in [6, 6.07) is 11.0. The summed E-state index contributed by atoms with van der Waals surface area (Å²) in [7, 11) is 0. The number of hydrogen-bond donors (Lipinski definition) is 1. The second-order valence-corrected chi connectivity index (χ2v) is 3.14. The van der Waals surface area contributed by atoms with E-state index in [0.717, 1.165) is 19.4 Å². The van der Waals surface area contributed by atoms with E-state index in [1.165, 1.54) is 5.56 Å². The van der Waals surface area contributed by atoms with Crippen LogP contribution in [-0.2, 0) is 11.3 Å². The molecule has 0 bridgehead atoms. The predicted molar refractivity (Wildman–Crippen MR) is 47.6 cm³/mol. The molecular formula is C10H13NO. The van der Waals surface area contributed by atoms with Crippen molar-refractivity contribution in [2.45, 2.75) is 18.9 Å². The lowest BCUT2D eigenvalue weighted by atomic mass is 10.1. The topological polar surface area (TPSA) is 21.3 Å². The summed E-state index contributed by atoms with van der Waals surface area (Å²) in [4.78, 5) is 5.08. The molecule has 2 nitrogen and oxygen atoms in total. The largest absolute Gasteiger partial charge is 0.301 e. The van der Waals surface area contributed by atoms with Crippen LogP contribution in [0.15, 0.2) is 30.3 Å². The molecule has 0 aliphatic carbocycles. The molecule has 0 saturated carbocycles. The smallest absolute Gasteiger partial charge is 0.0698 e. The molecule has 64 valence electrons. The fraction of sp³-hybridized carbons (Fsp3) is 0.400. The van der Waals surface area contributed by atoms with Crippen molar-refractivity contribution in [3.05, 3.63) is 35.9 Å². The van der Waals surface area contributed by atoms with Crippen molar-refractivity contribution in [3.63, 3.8) is 0 Å². The van der Waals surface area contributed by atoms with Crippen molar-refractivity contribution in [2.24, 2.45) is 0 Å². The van der Waals surface area contributed by atoms with Crippen LogP contribution in [0, 0.1) is 0 Å². The highest BCUT2D eigenvalue weighted by Crippen LogP contribution is 2.09. The minimum absolute atomic E-state index is 0.507. The van der Waals surface area contributed by atoms with Gasteiger partial charge in [-0.25, -0.2) is 0 Å². The van der Waals surface area contributed by atoms with Gasteiger partial charge >= 0.3 is 0 Å². The molecule has 0 aromatic heterocycles. The Morgan fingerprint density at radius 2 is 2.17 bits per heavy atom. The molecule has 0 spiro atoms. The van der Waals surface area contributed by atoms with E-state index in [2.05, 4.69) is 29.7 Å². The minimum atomic E-state index is 0.507. The lowest BCUT2D eigenvalue weighted by Gasteiger charge is -2.07. The molecule has 1 fully saturated rings. The lowest BCUT2D eigenvalue weighted by molar-refractivity contribution is 0.0883. The number of nitrogens with one attached hydrogen (secondary N) is 1. The van der Waals surface area contributed by atoms with Crippen LogP contribution in [0.25, 0.3) is 0 Å². The van der Waals surface area contributed by atoms with Gasteiger partial charge in [-0.1, -0.05) is 30.3 Å². The Balaban J connectivity index is 1.94. The molecule has 1 aromatic carbocycles.